The fraction of sp³-hybridized carbons (Fsp3) is 0.207. The zero-order valence-corrected chi connectivity index (χ0v) is 22.3. The maximum absolute atomic E-state index is 16.2. The molecule has 9 nitrogen and oxygen atoms in total. The number of aliphatic hydroxyl groups is 1. The van der Waals surface area contributed by atoms with E-state index in [1.165, 1.54) is 36.6 Å². The number of aliphatic hydroxyl groups excluding tert-OH is 1. The van der Waals surface area contributed by atoms with Crippen LogP contribution in [0.3, 0.4) is 0 Å². The number of benzene rings is 2. The van der Waals surface area contributed by atoms with Gasteiger partial charge in [0.15, 0.2) is 5.72 Å². The second-order valence-electron chi connectivity index (χ2n) is 9.49. The molecule has 0 radical (unpaired) electrons. The van der Waals surface area contributed by atoms with Gasteiger partial charge in [-0.3, -0.25) is 19.5 Å². The number of ketones is 1. The molecule has 1 amide bonds. The first-order valence-electron chi connectivity index (χ1n) is 12.3. The van der Waals surface area contributed by atoms with Crippen molar-refractivity contribution < 1.29 is 23.8 Å². The second-order valence-corrected chi connectivity index (χ2v) is 9.92. The second kappa shape index (κ2) is 10.6. The van der Waals surface area contributed by atoms with Crippen molar-refractivity contribution in [2.75, 3.05) is 6.61 Å². The van der Waals surface area contributed by atoms with Gasteiger partial charge < -0.3 is 14.4 Å². The number of hydrogen-bond acceptors (Lipinski definition) is 7. The number of carbonyl (C=O) groups excluding carboxylic acids is 2. The molecule has 3 heterocycles. The van der Waals surface area contributed by atoms with Gasteiger partial charge in [-0.15, -0.1) is 0 Å². The van der Waals surface area contributed by atoms with Gasteiger partial charge in [-0.2, -0.15) is 5.26 Å². The van der Waals surface area contributed by atoms with E-state index in [-0.39, 0.29) is 35.5 Å². The minimum absolute atomic E-state index is 0.0535. The molecule has 2 aromatic heterocycles. The molecular formula is C29H23ClFN5O4. The summed E-state index contributed by atoms with van der Waals surface area (Å²) in [5, 5.41) is 19.7. The highest BCUT2D eigenvalue weighted by atomic mass is 35.5. The van der Waals surface area contributed by atoms with Gasteiger partial charge >= 0.3 is 0 Å². The number of rotatable bonds is 8. The fourth-order valence-corrected chi connectivity index (χ4v) is 4.86. The Balaban J connectivity index is 1.72. The van der Waals surface area contributed by atoms with Crippen LogP contribution in [0.5, 0.6) is 0 Å². The summed E-state index contributed by atoms with van der Waals surface area (Å²) in [6, 6.07) is 13.9. The van der Waals surface area contributed by atoms with Crippen molar-refractivity contribution in [3.8, 4) is 6.07 Å². The summed E-state index contributed by atoms with van der Waals surface area (Å²) >= 11 is 6.14. The highest BCUT2D eigenvalue weighted by Crippen LogP contribution is 2.48. The molecule has 1 aliphatic heterocycles. The molecule has 5 rings (SSSR count). The van der Waals surface area contributed by atoms with Gasteiger partial charge in [-0.05, 0) is 43.3 Å². The Morgan fingerprint density at radius 1 is 1.23 bits per heavy atom. The largest absolute Gasteiger partial charge is 0.391 e. The third kappa shape index (κ3) is 4.75. The highest BCUT2D eigenvalue weighted by molar-refractivity contribution is 6.30. The number of amides is 1. The Bertz CT molecular complexity index is 1650. The van der Waals surface area contributed by atoms with Gasteiger partial charge in [0.2, 0.25) is 5.78 Å². The molecule has 202 valence electrons. The number of aryl methyl sites for hydroxylation is 1. The molecule has 40 heavy (non-hydrogen) atoms. The van der Waals surface area contributed by atoms with Crippen molar-refractivity contribution in [3.05, 3.63) is 117 Å². The van der Waals surface area contributed by atoms with E-state index in [2.05, 4.69) is 9.97 Å². The number of aromatic nitrogens is 3. The zero-order valence-electron chi connectivity index (χ0n) is 21.5. The molecule has 0 saturated carbocycles. The lowest BCUT2D eigenvalue weighted by Gasteiger charge is -2.39. The van der Waals surface area contributed by atoms with E-state index in [1.54, 1.807) is 48.0 Å². The lowest BCUT2D eigenvalue weighted by atomic mass is 9.91. The lowest BCUT2D eigenvalue weighted by molar-refractivity contribution is -0.132. The van der Waals surface area contributed by atoms with Crippen molar-refractivity contribution in [2.24, 2.45) is 7.05 Å². The lowest BCUT2D eigenvalue weighted by Crippen LogP contribution is -2.48. The van der Waals surface area contributed by atoms with E-state index in [1.807, 2.05) is 6.07 Å². The Morgan fingerprint density at radius 3 is 2.58 bits per heavy atom. The van der Waals surface area contributed by atoms with Crippen LogP contribution < -0.4 is 0 Å². The number of fused-ring (bicyclic) bond motifs is 1. The van der Waals surface area contributed by atoms with Crippen molar-refractivity contribution in [1.82, 2.24) is 19.4 Å². The number of halogens is 2. The molecular weight excluding hydrogens is 537 g/mol. The van der Waals surface area contributed by atoms with Crippen LogP contribution in [0.25, 0.3) is 0 Å². The van der Waals surface area contributed by atoms with E-state index in [0.717, 1.165) is 6.07 Å². The zero-order chi connectivity index (χ0) is 28.6. The van der Waals surface area contributed by atoms with E-state index in [0.29, 0.717) is 21.8 Å². The van der Waals surface area contributed by atoms with Crippen LogP contribution in [0.4, 0.5) is 4.39 Å². The van der Waals surface area contributed by atoms with Gasteiger partial charge in [-0.1, -0.05) is 23.7 Å². The van der Waals surface area contributed by atoms with E-state index >= 15 is 4.39 Å². The molecule has 2 atom stereocenters. The van der Waals surface area contributed by atoms with Crippen LogP contribution in [0.1, 0.15) is 55.7 Å². The molecule has 2 unspecified atom stereocenters. The third-order valence-electron chi connectivity index (χ3n) is 6.53. The molecule has 2 aromatic carbocycles. The summed E-state index contributed by atoms with van der Waals surface area (Å²) in [7, 11) is 1.70. The van der Waals surface area contributed by atoms with Gasteiger partial charge in [0.05, 0.1) is 48.0 Å². The molecule has 11 heteroatoms. The summed E-state index contributed by atoms with van der Waals surface area (Å²) < 4.78 is 24.1. The number of imidazole rings is 1. The molecule has 0 saturated heterocycles. The average molecular weight is 560 g/mol. The van der Waals surface area contributed by atoms with Crippen LogP contribution >= 0.6 is 11.6 Å². The Labute approximate surface area is 234 Å². The van der Waals surface area contributed by atoms with E-state index < -0.39 is 29.3 Å². The summed E-state index contributed by atoms with van der Waals surface area (Å²) in [5.74, 6) is -2.01. The van der Waals surface area contributed by atoms with Crippen LogP contribution in [0.2, 0.25) is 5.02 Å². The number of hydrogen-bond donors (Lipinski definition) is 1. The third-order valence-corrected chi connectivity index (χ3v) is 6.78. The minimum Gasteiger partial charge on any atom is -0.391 e. The number of nitriles is 1. The van der Waals surface area contributed by atoms with Gasteiger partial charge in [0, 0.05) is 35.6 Å². The molecule has 0 bridgehead atoms. The Kier molecular flexibility index (Phi) is 7.21. The van der Waals surface area contributed by atoms with Crippen LogP contribution in [-0.4, -0.2) is 48.9 Å². The maximum Gasteiger partial charge on any atom is 0.257 e. The standard InChI is InChI=1S/C29H23ClFN5O4/c1-17(37)15-40-29(20-4-6-21(30)7-5-20)26-23(28(39)36(29)13-22-8-3-18(11-32)12-33-22)9-19(10-24(26)31)27(38)25-14-35(2)16-34-25/h3-10,12,14,16-17,37H,13,15H2,1-2H3. The molecule has 0 aliphatic carbocycles. The maximum atomic E-state index is 16.2. The van der Waals surface area contributed by atoms with Gasteiger partial charge in [-0.25, -0.2) is 9.37 Å². The SMILES string of the molecule is CC(O)COC1(c2ccc(Cl)cc2)c2c(F)cc(C(=O)c3cn(C)cn3)cc2C(=O)N1Cc1ccc(C#N)cn1. The molecule has 4 aromatic rings. The van der Waals surface area contributed by atoms with E-state index in [4.69, 9.17) is 21.6 Å². The van der Waals surface area contributed by atoms with Crippen molar-refractivity contribution >= 4 is 23.3 Å². The number of ether oxygens (including phenoxy) is 1. The van der Waals surface area contributed by atoms with Gasteiger partial charge in [0.1, 0.15) is 17.6 Å². The van der Waals surface area contributed by atoms with E-state index in [9.17, 15) is 14.7 Å². The summed E-state index contributed by atoms with van der Waals surface area (Å²) in [5.41, 5.74) is -0.856. The van der Waals surface area contributed by atoms with Crippen molar-refractivity contribution in [3.63, 3.8) is 0 Å². The molecule has 1 aliphatic rings. The number of pyridine rings is 1. The monoisotopic (exact) mass is 559 g/mol. The normalized spacial score (nSPS) is 17.0. The summed E-state index contributed by atoms with van der Waals surface area (Å²) in [6.07, 6.45) is 3.37. The topological polar surface area (TPSA) is 121 Å². The fourth-order valence-electron chi connectivity index (χ4n) is 4.73. The minimum atomic E-state index is -1.83. The smallest absolute Gasteiger partial charge is 0.257 e. The molecule has 0 spiro atoms. The number of nitrogens with zero attached hydrogens (tertiary/aromatic N) is 5. The van der Waals surface area contributed by atoms with Crippen molar-refractivity contribution in [1.29, 1.82) is 5.26 Å². The Hall–Kier alpha value is -4.43. The van der Waals surface area contributed by atoms with Crippen LogP contribution in [-0.2, 0) is 24.1 Å². The first-order valence-corrected chi connectivity index (χ1v) is 12.6. The highest BCUT2D eigenvalue weighted by Gasteiger charge is 2.54. The van der Waals surface area contributed by atoms with Gasteiger partial charge in [0.25, 0.3) is 5.91 Å². The van der Waals surface area contributed by atoms with Crippen molar-refractivity contribution in [2.45, 2.75) is 25.3 Å². The molecule has 0 fully saturated rings. The summed E-state index contributed by atoms with van der Waals surface area (Å²) in [6.45, 7) is 1.12. The predicted molar refractivity (Wildman–Crippen MR) is 142 cm³/mol. The quantitative estimate of drug-likeness (QED) is 0.324. The molecule has 1 N–H and O–H groups in total. The Morgan fingerprint density at radius 2 is 1.98 bits per heavy atom. The summed E-state index contributed by atoms with van der Waals surface area (Å²) in [4.78, 5) is 36.9. The van der Waals surface area contributed by atoms with Crippen LogP contribution in [0.15, 0.2) is 67.3 Å². The number of carbonyl (C=O) groups is 2. The predicted octanol–water partition coefficient (Wildman–Crippen LogP) is 3.96. The average Bonchev–Trinajstić information content (AvgIpc) is 3.48. The first-order chi connectivity index (χ1) is 19.1. The first kappa shape index (κ1) is 27.1. The van der Waals surface area contributed by atoms with Crippen LogP contribution in [0, 0.1) is 17.1 Å².